The molecule has 0 aliphatic heterocycles. The molecule has 8 nitrogen and oxygen atoms in total. The van der Waals surface area contributed by atoms with Gasteiger partial charge in [-0.15, -0.1) is 0 Å². The molecule has 0 radical (unpaired) electrons. The van der Waals surface area contributed by atoms with Gasteiger partial charge in [-0.05, 0) is 47.9 Å². The summed E-state index contributed by atoms with van der Waals surface area (Å²) in [7, 11) is 0. The summed E-state index contributed by atoms with van der Waals surface area (Å²) in [4.78, 5) is 35.8. The number of benzene rings is 1. The van der Waals surface area contributed by atoms with E-state index in [0.29, 0.717) is 0 Å². The average Bonchev–Trinajstić information content (AvgIpc) is 2.63. The van der Waals surface area contributed by atoms with Crippen LogP contribution in [-0.2, 0) is 30.3 Å². The first-order valence-corrected chi connectivity index (χ1v) is 10.2. The van der Waals surface area contributed by atoms with Crippen molar-refractivity contribution in [3.05, 3.63) is 35.9 Å². The Morgan fingerprint density at radius 2 is 1.71 bits per heavy atom. The van der Waals surface area contributed by atoms with E-state index in [2.05, 4.69) is 5.32 Å². The lowest BCUT2D eigenvalue weighted by Gasteiger charge is -2.26. The Balaban J connectivity index is 2.53. The molecular formula is C19H26INO7. The number of ether oxygens (including phenoxy) is 4. The Morgan fingerprint density at radius 3 is 2.29 bits per heavy atom. The fourth-order valence-corrected chi connectivity index (χ4v) is 2.31. The zero-order valence-electron chi connectivity index (χ0n) is 16.4. The van der Waals surface area contributed by atoms with Crippen LogP contribution in [0.5, 0.6) is 0 Å². The molecule has 0 saturated heterocycles. The molecule has 0 aliphatic rings. The van der Waals surface area contributed by atoms with Crippen LogP contribution < -0.4 is 5.32 Å². The van der Waals surface area contributed by atoms with Crippen molar-refractivity contribution in [1.82, 2.24) is 5.32 Å². The number of rotatable bonds is 9. The number of amides is 1. The maximum atomic E-state index is 12.4. The third-order valence-corrected chi connectivity index (χ3v) is 3.81. The first-order chi connectivity index (χ1) is 13.1. The van der Waals surface area contributed by atoms with E-state index in [1.165, 1.54) is 0 Å². The maximum Gasteiger partial charge on any atom is 0.509 e. The highest BCUT2D eigenvalue weighted by Crippen LogP contribution is 2.13. The molecule has 0 spiro atoms. The van der Waals surface area contributed by atoms with Crippen molar-refractivity contribution in [1.29, 1.82) is 0 Å². The topological polar surface area (TPSA) is 100 Å². The van der Waals surface area contributed by atoms with Gasteiger partial charge in [-0.2, -0.15) is 0 Å². The Morgan fingerprint density at radius 1 is 1.07 bits per heavy atom. The van der Waals surface area contributed by atoms with Gasteiger partial charge in [-0.25, -0.2) is 14.4 Å². The predicted octanol–water partition coefficient (Wildman–Crippen LogP) is 3.80. The van der Waals surface area contributed by atoms with Crippen LogP contribution in [-0.4, -0.2) is 41.1 Å². The van der Waals surface area contributed by atoms with Crippen LogP contribution in [0.2, 0.25) is 0 Å². The van der Waals surface area contributed by atoms with Crippen LogP contribution in [0.25, 0.3) is 0 Å². The second-order valence-corrected chi connectivity index (χ2v) is 7.52. The van der Waals surface area contributed by atoms with Gasteiger partial charge in [0.15, 0.2) is 0 Å². The van der Waals surface area contributed by atoms with Gasteiger partial charge in [-0.1, -0.05) is 44.2 Å². The molecule has 0 saturated carbocycles. The highest BCUT2D eigenvalue weighted by Gasteiger charge is 2.31. The third kappa shape index (κ3) is 9.25. The van der Waals surface area contributed by atoms with Gasteiger partial charge in [0.25, 0.3) is 0 Å². The quantitative estimate of drug-likeness (QED) is 0.235. The van der Waals surface area contributed by atoms with Gasteiger partial charge in [-0.3, -0.25) is 0 Å². The summed E-state index contributed by atoms with van der Waals surface area (Å²) < 4.78 is 20.3. The number of alkyl carbamates (subject to hydrolysis) is 1. The fraction of sp³-hybridized carbons (Fsp3) is 0.526. The second-order valence-electron chi connectivity index (χ2n) is 6.90. The Labute approximate surface area is 178 Å². The van der Waals surface area contributed by atoms with Crippen LogP contribution in [0.15, 0.2) is 30.3 Å². The van der Waals surface area contributed by atoms with Gasteiger partial charge in [0.1, 0.15) is 29.5 Å². The molecule has 1 aromatic carbocycles. The van der Waals surface area contributed by atoms with Crippen molar-refractivity contribution >= 4 is 40.8 Å². The summed E-state index contributed by atoms with van der Waals surface area (Å²) in [5.74, 6) is -0.879. The van der Waals surface area contributed by atoms with Crippen LogP contribution in [0, 0.1) is 5.92 Å². The largest absolute Gasteiger partial charge is 0.509 e. The summed E-state index contributed by atoms with van der Waals surface area (Å²) in [6.45, 7) is 6.60. The minimum absolute atomic E-state index is 0.0896. The van der Waals surface area contributed by atoms with E-state index in [4.69, 9.17) is 18.9 Å². The van der Waals surface area contributed by atoms with Crippen molar-refractivity contribution in [3.63, 3.8) is 0 Å². The summed E-state index contributed by atoms with van der Waals surface area (Å²) >= 11 is 1.86. The van der Waals surface area contributed by atoms with E-state index in [0.717, 1.165) is 5.56 Å². The molecule has 1 aromatic rings. The number of nitrogens with one attached hydrogen (secondary N) is 1. The van der Waals surface area contributed by atoms with Crippen molar-refractivity contribution in [2.75, 3.05) is 11.2 Å². The molecule has 1 atom stereocenters. The molecule has 0 aromatic heterocycles. The van der Waals surface area contributed by atoms with E-state index < -0.39 is 29.9 Å². The lowest BCUT2D eigenvalue weighted by molar-refractivity contribution is -0.154. The first kappa shape index (κ1) is 24.0. The van der Waals surface area contributed by atoms with Crippen LogP contribution >= 0.6 is 22.6 Å². The molecular weight excluding hydrogens is 481 g/mol. The number of carbonyl (C=O) groups is 3. The second kappa shape index (κ2) is 11.7. The molecule has 28 heavy (non-hydrogen) atoms. The normalized spacial score (nSPS) is 12.1. The molecule has 0 heterocycles. The smallest absolute Gasteiger partial charge is 0.460 e. The molecule has 0 bridgehead atoms. The molecule has 1 unspecified atom stereocenters. The number of esters is 1. The zero-order chi connectivity index (χ0) is 21.2. The van der Waals surface area contributed by atoms with Crippen LogP contribution in [0.1, 0.15) is 33.3 Å². The van der Waals surface area contributed by atoms with E-state index in [1.807, 2.05) is 52.9 Å². The lowest BCUT2D eigenvalue weighted by Crippen LogP contribution is -2.47. The molecule has 156 valence electrons. The maximum absolute atomic E-state index is 12.4. The Bertz CT molecular complexity index is 649. The lowest BCUT2D eigenvalue weighted by atomic mass is 10.0. The highest BCUT2D eigenvalue weighted by atomic mass is 127. The standard InChI is InChI=1S/C19H26INO7/c1-13(2)15(21-17(23)25-10-14-8-6-5-7-9-14)16(22)26-11-19(3,4)28-18(24)27-12-20/h5-9,13,15H,10-12H2,1-4H3,(H,21,23). The fourth-order valence-electron chi connectivity index (χ4n) is 2.05. The van der Waals surface area contributed by atoms with E-state index in [9.17, 15) is 14.4 Å². The van der Waals surface area contributed by atoms with Gasteiger partial charge >= 0.3 is 18.2 Å². The minimum Gasteiger partial charge on any atom is -0.460 e. The van der Waals surface area contributed by atoms with Crippen LogP contribution in [0.4, 0.5) is 9.59 Å². The molecule has 9 heteroatoms. The summed E-state index contributed by atoms with van der Waals surface area (Å²) in [6, 6.07) is 8.29. The Kier molecular flexibility index (Phi) is 10.0. The Hall–Kier alpha value is -2.04. The van der Waals surface area contributed by atoms with Gasteiger partial charge in [0.2, 0.25) is 0 Å². The monoisotopic (exact) mass is 507 g/mol. The van der Waals surface area contributed by atoms with Crippen molar-refractivity contribution in [2.45, 2.75) is 45.9 Å². The van der Waals surface area contributed by atoms with Gasteiger partial charge < -0.3 is 24.3 Å². The number of carbonyl (C=O) groups excluding carboxylic acids is 3. The van der Waals surface area contributed by atoms with E-state index in [-0.39, 0.29) is 23.7 Å². The van der Waals surface area contributed by atoms with E-state index in [1.54, 1.807) is 27.7 Å². The number of alkyl halides is 1. The van der Waals surface area contributed by atoms with E-state index >= 15 is 0 Å². The van der Waals surface area contributed by atoms with Crippen LogP contribution in [0.3, 0.4) is 0 Å². The summed E-state index contributed by atoms with van der Waals surface area (Å²) in [5.41, 5.74) is -0.243. The molecule has 0 fully saturated rings. The number of hydrogen-bond acceptors (Lipinski definition) is 7. The van der Waals surface area contributed by atoms with Gasteiger partial charge in [0, 0.05) is 0 Å². The molecule has 1 rings (SSSR count). The number of halogens is 1. The van der Waals surface area contributed by atoms with Gasteiger partial charge in [0.05, 0.1) is 0 Å². The average molecular weight is 507 g/mol. The molecule has 1 N–H and O–H groups in total. The third-order valence-electron chi connectivity index (χ3n) is 3.50. The SMILES string of the molecule is CC(C)C(NC(=O)OCc1ccccc1)C(=O)OCC(C)(C)OC(=O)OCI. The van der Waals surface area contributed by atoms with Crippen molar-refractivity contribution < 1.29 is 33.3 Å². The molecule has 0 aliphatic carbocycles. The molecule has 1 amide bonds. The first-order valence-electron chi connectivity index (χ1n) is 8.70. The predicted molar refractivity (Wildman–Crippen MR) is 110 cm³/mol. The number of hydrogen-bond donors (Lipinski definition) is 1. The van der Waals surface area contributed by atoms with Crippen molar-refractivity contribution in [2.24, 2.45) is 5.92 Å². The summed E-state index contributed by atoms with van der Waals surface area (Å²) in [5, 5.41) is 2.51. The zero-order valence-corrected chi connectivity index (χ0v) is 18.6. The highest BCUT2D eigenvalue weighted by molar-refractivity contribution is 14.1. The van der Waals surface area contributed by atoms with Crippen molar-refractivity contribution in [3.8, 4) is 0 Å². The minimum atomic E-state index is -1.08. The summed E-state index contributed by atoms with van der Waals surface area (Å²) in [6.07, 6.45) is -1.57.